The topological polar surface area (TPSA) is 29.3 Å². The van der Waals surface area contributed by atoms with Crippen LogP contribution in [0.2, 0.25) is 0 Å². The first-order valence-electron chi connectivity index (χ1n) is 7.99. The zero-order valence-electron chi connectivity index (χ0n) is 13.6. The molecule has 1 atom stereocenters. The number of rotatable bonds is 2. The van der Waals surface area contributed by atoms with Gasteiger partial charge in [0.25, 0.3) is 0 Å². The van der Waals surface area contributed by atoms with Gasteiger partial charge >= 0.3 is 0 Å². The normalized spacial score (nSPS) is 20.7. The van der Waals surface area contributed by atoms with E-state index in [2.05, 4.69) is 49.6 Å². The maximum absolute atomic E-state index is 5.42. The second kappa shape index (κ2) is 7.45. The number of nitrogens with two attached hydrogens (primary N) is 1. The third-order valence-electron chi connectivity index (χ3n) is 4.40. The van der Waals surface area contributed by atoms with Gasteiger partial charge in [-0.25, -0.2) is 0 Å². The Bertz CT molecular complexity index is 501. The van der Waals surface area contributed by atoms with Crippen molar-refractivity contribution >= 4 is 11.3 Å². The summed E-state index contributed by atoms with van der Waals surface area (Å²) in [5, 5.41) is 0. The molecule has 0 saturated carbocycles. The lowest BCUT2D eigenvalue weighted by Crippen LogP contribution is -2.25. The first-order valence-corrected chi connectivity index (χ1v) is 8.80. The molecule has 1 aliphatic heterocycles. The molecule has 0 bridgehead atoms. The Balaban J connectivity index is 1.90. The van der Waals surface area contributed by atoms with E-state index in [0.29, 0.717) is 12.0 Å². The van der Waals surface area contributed by atoms with Gasteiger partial charge in [-0.05, 0) is 55.8 Å². The highest BCUT2D eigenvalue weighted by Gasteiger charge is 2.27. The SMILES string of the molecule is CC(C)(C)C1CCCN(Cc2ccc(C#CCN)s2)CC1. The van der Waals surface area contributed by atoms with E-state index in [-0.39, 0.29) is 0 Å². The lowest BCUT2D eigenvalue weighted by atomic mass is 9.77. The van der Waals surface area contributed by atoms with Gasteiger partial charge in [0, 0.05) is 11.4 Å². The Kier molecular flexibility index (Phi) is 5.87. The Morgan fingerprint density at radius 1 is 1.29 bits per heavy atom. The van der Waals surface area contributed by atoms with Crippen LogP contribution in [-0.2, 0) is 6.54 Å². The summed E-state index contributed by atoms with van der Waals surface area (Å²) in [5.41, 5.74) is 5.87. The molecule has 0 spiro atoms. The van der Waals surface area contributed by atoms with Crippen molar-refractivity contribution in [1.29, 1.82) is 0 Å². The van der Waals surface area contributed by atoms with Crippen LogP contribution < -0.4 is 5.73 Å². The Hall–Kier alpha value is -0.820. The molecule has 2 nitrogen and oxygen atoms in total. The molecule has 1 unspecified atom stereocenters. The molecule has 1 aromatic rings. The molecule has 3 heteroatoms. The van der Waals surface area contributed by atoms with E-state index < -0.39 is 0 Å². The standard InChI is InChI=1S/C18H28N2S/c1-18(2,3)15-6-5-12-20(13-10-15)14-17-9-8-16(21-17)7-4-11-19/h8-9,15H,5-6,10-14,19H2,1-3H3. The summed E-state index contributed by atoms with van der Waals surface area (Å²) >= 11 is 1.81. The van der Waals surface area contributed by atoms with Crippen molar-refractivity contribution in [3.8, 4) is 11.8 Å². The molecule has 2 heterocycles. The van der Waals surface area contributed by atoms with Crippen LogP contribution >= 0.6 is 11.3 Å². The minimum atomic E-state index is 0.438. The molecular formula is C18H28N2S. The largest absolute Gasteiger partial charge is 0.320 e. The van der Waals surface area contributed by atoms with E-state index in [0.717, 1.165) is 17.3 Å². The van der Waals surface area contributed by atoms with E-state index in [9.17, 15) is 0 Å². The maximum Gasteiger partial charge on any atom is 0.0772 e. The molecule has 2 rings (SSSR count). The highest BCUT2D eigenvalue weighted by molar-refractivity contribution is 7.12. The van der Waals surface area contributed by atoms with Crippen molar-refractivity contribution in [2.45, 2.75) is 46.6 Å². The zero-order valence-corrected chi connectivity index (χ0v) is 14.4. The van der Waals surface area contributed by atoms with E-state index >= 15 is 0 Å². The Morgan fingerprint density at radius 2 is 2.10 bits per heavy atom. The van der Waals surface area contributed by atoms with Gasteiger partial charge in [-0.2, -0.15) is 0 Å². The fourth-order valence-corrected chi connectivity index (χ4v) is 3.99. The van der Waals surface area contributed by atoms with E-state index in [4.69, 9.17) is 5.73 Å². The van der Waals surface area contributed by atoms with Crippen LogP contribution in [-0.4, -0.2) is 24.5 Å². The number of likely N-dealkylation sites (tertiary alicyclic amines) is 1. The molecule has 21 heavy (non-hydrogen) atoms. The second-order valence-corrected chi connectivity index (χ2v) is 8.21. The number of hydrogen-bond donors (Lipinski definition) is 1. The zero-order chi connectivity index (χ0) is 15.3. The smallest absolute Gasteiger partial charge is 0.0772 e. The third kappa shape index (κ3) is 5.14. The Morgan fingerprint density at radius 3 is 2.81 bits per heavy atom. The number of thiophene rings is 1. The lowest BCUT2D eigenvalue weighted by molar-refractivity contribution is 0.207. The van der Waals surface area contributed by atoms with Crippen LogP contribution in [0.3, 0.4) is 0 Å². The molecule has 0 amide bonds. The molecule has 0 aromatic carbocycles. The molecule has 1 aliphatic rings. The first-order chi connectivity index (χ1) is 9.99. The molecule has 0 aliphatic carbocycles. The van der Waals surface area contributed by atoms with Gasteiger partial charge in [0.15, 0.2) is 0 Å². The molecule has 1 aromatic heterocycles. The van der Waals surface area contributed by atoms with E-state index in [1.54, 1.807) is 0 Å². The summed E-state index contributed by atoms with van der Waals surface area (Å²) in [6.07, 6.45) is 4.03. The molecular weight excluding hydrogens is 276 g/mol. The van der Waals surface area contributed by atoms with Gasteiger partial charge in [-0.3, -0.25) is 4.90 Å². The highest BCUT2D eigenvalue weighted by Crippen LogP contribution is 2.34. The summed E-state index contributed by atoms with van der Waals surface area (Å²) < 4.78 is 0. The van der Waals surface area contributed by atoms with Crippen LogP contribution in [0.4, 0.5) is 0 Å². The van der Waals surface area contributed by atoms with Crippen molar-refractivity contribution in [3.05, 3.63) is 21.9 Å². The average molecular weight is 305 g/mol. The lowest BCUT2D eigenvalue weighted by Gasteiger charge is -2.29. The van der Waals surface area contributed by atoms with Gasteiger partial charge < -0.3 is 5.73 Å². The molecule has 0 radical (unpaired) electrons. The van der Waals surface area contributed by atoms with Gasteiger partial charge in [-0.1, -0.05) is 32.6 Å². The first kappa shape index (κ1) is 16.5. The molecule has 1 fully saturated rings. The molecule has 2 N–H and O–H groups in total. The van der Waals surface area contributed by atoms with E-state index in [1.165, 1.54) is 37.2 Å². The van der Waals surface area contributed by atoms with Crippen LogP contribution in [0.15, 0.2) is 12.1 Å². The average Bonchev–Trinajstić information content (AvgIpc) is 2.71. The summed E-state index contributed by atoms with van der Waals surface area (Å²) in [6.45, 7) is 11.1. The van der Waals surface area contributed by atoms with Crippen molar-refractivity contribution in [1.82, 2.24) is 4.90 Å². The second-order valence-electron chi connectivity index (χ2n) is 7.04. The fraction of sp³-hybridized carbons (Fsp3) is 0.667. The highest BCUT2D eigenvalue weighted by atomic mass is 32.1. The summed E-state index contributed by atoms with van der Waals surface area (Å²) in [6, 6.07) is 4.34. The number of hydrogen-bond acceptors (Lipinski definition) is 3. The Labute approximate surface area is 133 Å². The van der Waals surface area contributed by atoms with Crippen molar-refractivity contribution in [3.63, 3.8) is 0 Å². The van der Waals surface area contributed by atoms with Gasteiger partial charge in [0.2, 0.25) is 0 Å². The summed E-state index contributed by atoms with van der Waals surface area (Å²) in [7, 11) is 0. The van der Waals surface area contributed by atoms with E-state index in [1.807, 2.05) is 11.3 Å². The molecule has 1 saturated heterocycles. The summed E-state index contributed by atoms with van der Waals surface area (Å²) in [4.78, 5) is 5.17. The number of nitrogens with zero attached hydrogens (tertiary/aromatic N) is 1. The predicted molar refractivity (Wildman–Crippen MR) is 92.3 cm³/mol. The van der Waals surface area contributed by atoms with Crippen molar-refractivity contribution in [2.24, 2.45) is 17.1 Å². The monoisotopic (exact) mass is 304 g/mol. The van der Waals surface area contributed by atoms with Gasteiger partial charge in [0.05, 0.1) is 11.4 Å². The maximum atomic E-state index is 5.42. The minimum absolute atomic E-state index is 0.438. The van der Waals surface area contributed by atoms with Crippen LogP contribution in [0.1, 0.15) is 49.8 Å². The predicted octanol–water partition coefficient (Wildman–Crippen LogP) is 3.71. The third-order valence-corrected chi connectivity index (χ3v) is 5.39. The quantitative estimate of drug-likeness (QED) is 0.844. The fourth-order valence-electron chi connectivity index (χ4n) is 3.07. The van der Waals surface area contributed by atoms with Crippen LogP contribution in [0.5, 0.6) is 0 Å². The van der Waals surface area contributed by atoms with Gasteiger partial charge in [-0.15, -0.1) is 11.3 Å². The van der Waals surface area contributed by atoms with Crippen molar-refractivity contribution in [2.75, 3.05) is 19.6 Å². The molecule has 116 valence electrons. The van der Waals surface area contributed by atoms with Gasteiger partial charge in [0.1, 0.15) is 0 Å². The van der Waals surface area contributed by atoms with Crippen LogP contribution in [0, 0.1) is 23.2 Å². The van der Waals surface area contributed by atoms with Crippen LogP contribution in [0.25, 0.3) is 0 Å². The minimum Gasteiger partial charge on any atom is -0.320 e. The van der Waals surface area contributed by atoms with Crippen molar-refractivity contribution < 1.29 is 0 Å². The summed E-state index contributed by atoms with van der Waals surface area (Å²) in [5.74, 6) is 6.91.